The van der Waals surface area contributed by atoms with E-state index in [0.717, 1.165) is 6.07 Å². The van der Waals surface area contributed by atoms with Gasteiger partial charge in [0.2, 0.25) is 0 Å². The third-order valence-corrected chi connectivity index (χ3v) is 2.87. The van der Waals surface area contributed by atoms with Crippen LogP contribution in [0.25, 0.3) is 0 Å². The van der Waals surface area contributed by atoms with Gasteiger partial charge in [0.25, 0.3) is 0 Å². The smallest absolute Gasteiger partial charge is 0.326 e. The summed E-state index contributed by atoms with van der Waals surface area (Å²) in [4.78, 5) is 0. The van der Waals surface area contributed by atoms with E-state index in [9.17, 15) is 13.2 Å². The van der Waals surface area contributed by atoms with Crippen LogP contribution in [0.2, 0.25) is 5.02 Å². The first-order valence-electron chi connectivity index (χ1n) is 3.61. The molecule has 1 aromatic carbocycles. The molecule has 0 bridgehead atoms. The minimum atomic E-state index is -4.42. The highest BCUT2D eigenvalue weighted by molar-refractivity contribution is 9.10. The molecular weight excluding hydrogens is 282 g/mol. The first-order valence-corrected chi connectivity index (χ1v) is 4.78. The van der Waals surface area contributed by atoms with Crippen LogP contribution in [0.5, 0.6) is 0 Å². The summed E-state index contributed by atoms with van der Waals surface area (Å²) in [6, 6.07) is 2.15. The fraction of sp³-hybridized carbons (Fsp3) is 0.250. The van der Waals surface area contributed by atoms with Crippen molar-refractivity contribution in [3.8, 4) is 0 Å². The van der Waals surface area contributed by atoms with Gasteiger partial charge in [-0.3, -0.25) is 0 Å². The first kappa shape index (κ1) is 11.8. The maximum absolute atomic E-state index is 12.4. The molecule has 0 heterocycles. The first-order chi connectivity index (χ1) is 6.36. The third kappa shape index (κ3) is 2.40. The number of alkyl halides is 3. The topological polar surface area (TPSA) is 26.0 Å². The van der Waals surface area contributed by atoms with Crippen molar-refractivity contribution in [1.82, 2.24) is 0 Å². The summed E-state index contributed by atoms with van der Waals surface area (Å²) >= 11 is 8.59. The predicted octanol–water partition coefficient (Wildman–Crippen LogP) is 3.58. The zero-order valence-corrected chi connectivity index (χ0v) is 9.17. The molecule has 0 atom stereocenters. The molecule has 0 fully saturated rings. The van der Waals surface area contributed by atoms with Gasteiger partial charge in [0.1, 0.15) is 0 Å². The van der Waals surface area contributed by atoms with E-state index in [4.69, 9.17) is 17.3 Å². The van der Waals surface area contributed by atoms with Gasteiger partial charge in [-0.05, 0) is 33.6 Å². The summed E-state index contributed by atoms with van der Waals surface area (Å²) in [6.07, 6.45) is -4.42. The van der Waals surface area contributed by atoms with E-state index in [0.29, 0.717) is 4.47 Å². The Kier molecular flexibility index (Phi) is 3.44. The lowest BCUT2D eigenvalue weighted by Gasteiger charge is -2.12. The van der Waals surface area contributed by atoms with Crippen molar-refractivity contribution in [2.45, 2.75) is 12.7 Å². The summed E-state index contributed by atoms with van der Waals surface area (Å²) in [5.74, 6) is 0. The second-order valence-corrected chi connectivity index (χ2v) is 3.89. The van der Waals surface area contributed by atoms with E-state index in [-0.39, 0.29) is 17.1 Å². The van der Waals surface area contributed by atoms with Gasteiger partial charge in [-0.15, -0.1) is 0 Å². The third-order valence-electron chi connectivity index (χ3n) is 1.67. The largest absolute Gasteiger partial charge is 0.416 e. The molecule has 0 saturated heterocycles. The number of hydrogen-bond acceptors (Lipinski definition) is 1. The molecule has 0 spiro atoms. The lowest BCUT2D eigenvalue weighted by Crippen LogP contribution is -2.12. The highest BCUT2D eigenvalue weighted by atomic mass is 79.9. The van der Waals surface area contributed by atoms with Gasteiger partial charge in [0, 0.05) is 11.0 Å². The van der Waals surface area contributed by atoms with Crippen LogP contribution >= 0.6 is 27.5 Å². The van der Waals surface area contributed by atoms with Crippen LogP contribution in [0.1, 0.15) is 11.1 Å². The second kappa shape index (κ2) is 4.08. The van der Waals surface area contributed by atoms with Crippen molar-refractivity contribution in [2.24, 2.45) is 5.73 Å². The van der Waals surface area contributed by atoms with Crippen LogP contribution in [0.3, 0.4) is 0 Å². The second-order valence-electron chi connectivity index (χ2n) is 2.63. The molecule has 0 amide bonds. The van der Waals surface area contributed by atoms with Crippen LogP contribution in [0.4, 0.5) is 13.2 Å². The highest BCUT2D eigenvalue weighted by Gasteiger charge is 2.33. The average Bonchev–Trinajstić information content (AvgIpc) is 2.07. The summed E-state index contributed by atoms with van der Waals surface area (Å²) in [7, 11) is 0. The van der Waals surface area contributed by atoms with E-state index < -0.39 is 11.7 Å². The van der Waals surface area contributed by atoms with E-state index in [1.54, 1.807) is 0 Å². The van der Waals surface area contributed by atoms with Gasteiger partial charge in [-0.1, -0.05) is 11.6 Å². The van der Waals surface area contributed by atoms with Gasteiger partial charge >= 0.3 is 6.18 Å². The number of hydrogen-bond donors (Lipinski definition) is 1. The lowest BCUT2D eigenvalue weighted by molar-refractivity contribution is -0.138. The maximum atomic E-state index is 12.4. The average molecular weight is 288 g/mol. The molecule has 0 aliphatic rings. The van der Waals surface area contributed by atoms with Crippen molar-refractivity contribution >= 4 is 27.5 Å². The molecule has 0 radical (unpaired) electrons. The Hall–Kier alpha value is -0.260. The molecule has 0 unspecified atom stereocenters. The minimum Gasteiger partial charge on any atom is -0.326 e. The number of benzene rings is 1. The molecule has 1 rings (SSSR count). The molecule has 0 saturated carbocycles. The summed E-state index contributed by atoms with van der Waals surface area (Å²) in [6.45, 7) is -0.176. The van der Waals surface area contributed by atoms with Gasteiger partial charge in [0.05, 0.1) is 10.6 Å². The Labute approximate surface area is 92.2 Å². The van der Waals surface area contributed by atoms with Crippen LogP contribution in [0, 0.1) is 0 Å². The normalized spacial score (nSPS) is 11.9. The monoisotopic (exact) mass is 287 g/mol. The number of halogens is 5. The molecule has 0 aromatic heterocycles. The van der Waals surface area contributed by atoms with Crippen molar-refractivity contribution in [3.05, 3.63) is 32.8 Å². The zero-order chi connectivity index (χ0) is 10.9. The van der Waals surface area contributed by atoms with Crippen LogP contribution < -0.4 is 5.73 Å². The Morgan fingerprint density at radius 3 is 2.36 bits per heavy atom. The fourth-order valence-electron chi connectivity index (χ4n) is 1.02. The van der Waals surface area contributed by atoms with Crippen molar-refractivity contribution in [3.63, 3.8) is 0 Å². The van der Waals surface area contributed by atoms with E-state index in [1.165, 1.54) is 6.07 Å². The van der Waals surface area contributed by atoms with Crippen molar-refractivity contribution < 1.29 is 13.2 Å². The number of nitrogens with two attached hydrogens (primary N) is 1. The fourth-order valence-corrected chi connectivity index (χ4v) is 1.58. The van der Waals surface area contributed by atoms with Crippen LogP contribution in [-0.4, -0.2) is 0 Å². The van der Waals surface area contributed by atoms with Gasteiger partial charge in [-0.25, -0.2) is 0 Å². The number of rotatable bonds is 1. The Morgan fingerprint density at radius 2 is 1.93 bits per heavy atom. The van der Waals surface area contributed by atoms with Crippen LogP contribution in [-0.2, 0) is 12.7 Å². The summed E-state index contributed by atoms with van der Waals surface area (Å²) < 4.78 is 37.7. The van der Waals surface area contributed by atoms with Gasteiger partial charge in [0.15, 0.2) is 0 Å². The van der Waals surface area contributed by atoms with Crippen molar-refractivity contribution in [2.75, 3.05) is 0 Å². The molecule has 14 heavy (non-hydrogen) atoms. The molecular formula is C8H6BrClF3N. The van der Waals surface area contributed by atoms with E-state index in [1.807, 2.05) is 0 Å². The van der Waals surface area contributed by atoms with E-state index in [2.05, 4.69) is 15.9 Å². The molecule has 0 aliphatic carbocycles. The molecule has 0 aliphatic heterocycles. The SMILES string of the molecule is NCc1cc(Br)c(Cl)cc1C(F)(F)F. The summed E-state index contributed by atoms with van der Waals surface area (Å²) in [5.41, 5.74) is 4.44. The van der Waals surface area contributed by atoms with Gasteiger partial charge < -0.3 is 5.73 Å². The highest BCUT2D eigenvalue weighted by Crippen LogP contribution is 2.36. The predicted molar refractivity (Wildman–Crippen MR) is 52.0 cm³/mol. The standard InChI is InChI=1S/C8H6BrClF3N/c9-6-1-4(3-14)5(2-7(6)10)8(11,12)13/h1-2H,3,14H2. The molecule has 6 heteroatoms. The molecule has 2 N–H and O–H groups in total. The zero-order valence-electron chi connectivity index (χ0n) is 6.83. The quantitative estimate of drug-likeness (QED) is 0.840. The van der Waals surface area contributed by atoms with Crippen molar-refractivity contribution in [1.29, 1.82) is 0 Å². The van der Waals surface area contributed by atoms with Crippen LogP contribution in [0.15, 0.2) is 16.6 Å². The lowest BCUT2D eigenvalue weighted by atomic mass is 10.1. The molecule has 78 valence electrons. The summed E-state index contributed by atoms with van der Waals surface area (Å²) in [5, 5.41) is 0.0227. The Bertz CT molecular complexity index is 351. The van der Waals surface area contributed by atoms with E-state index >= 15 is 0 Å². The molecule has 1 nitrogen and oxygen atoms in total. The van der Waals surface area contributed by atoms with Gasteiger partial charge in [-0.2, -0.15) is 13.2 Å². The Balaban J connectivity index is 3.35. The Morgan fingerprint density at radius 1 is 1.36 bits per heavy atom. The minimum absolute atomic E-state index is 0.0220. The molecule has 1 aromatic rings. The maximum Gasteiger partial charge on any atom is 0.416 e.